The van der Waals surface area contributed by atoms with E-state index in [1.807, 2.05) is 29.2 Å². The van der Waals surface area contributed by atoms with Crippen LogP contribution in [0.4, 0.5) is 10.1 Å². The number of anilines is 1. The molecule has 1 heterocycles. The Bertz CT molecular complexity index is 709. The van der Waals surface area contributed by atoms with Gasteiger partial charge in [0.1, 0.15) is 5.82 Å². The molecule has 2 aromatic rings. The van der Waals surface area contributed by atoms with Gasteiger partial charge in [0.15, 0.2) is 0 Å². The van der Waals surface area contributed by atoms with Crippen molar-refractivity contribution in [3.8, 4) is 0 Å². The summed E-state index contributed by atoms with van der Waals surface area (Å²) in [7, 11) is 0. The monoisotopic (exact) mass is 324 g/mol. The minimum atomic E-state index is -0.246. The van der Waals surface area contributed by atoms with Gasteiger partial charge in [-0.2, -0.15) is 0 Å². The van der Waals surface area contributed by atoms with Gasteiger partial charge >= 0.3 is 0 Å². The summed E-state index contributed by atoms with van der Waals surface area (Å²) >= 11 is 0. The van der Waals surface area contributed by atoms with Crippen LogP contribution in [0.5, 0.6) is 0 Å². The van der Waals surface area contributed by atoms with Crippen LogP contribution in [0.2, 0.25) is 0 Å². The summed E-state index contributed by atoms with van der Waals surface area (Å²) in [6, 6.07) is 14.0. The van der Waals surface area contributed by atoms with Crippen LogP contribution in [0.15, 0.2) is 55.1 Å². The molecular weight excluding hydrogens is 303 g/mol. The lowest BCUT2D eigenvalue weighted by molar-refractivity contribution is 0.0715. The molecule has 1 fully saturated rings. The maximum absolute atomic E-state index is 13.0. The van der Waals surface area contributed by atoms with Crippen molar-refractivity contribution in [1.29, 1.82) is 0 Å². The Labute approximate surface area is 141 Å². The summed E-state index contributed by atoms with van der Waals surface area (Å²) in [5.74, 6) is -0.194. The molecule has 0 spiro atoms. The quantitative estimate of drug-likeness (QED) is 0.915. The zero-order valence-corrected chi connectivity index (χ0v) is 13.5. The third kappa shape index (κ3) is 3.82. The van der Waals surface area contributed by atoms with E-state index in [1.165, 1.54) is 12.1 Å². The lowest BCUT2D eigenvalue weighted by Gasteiger charge is -2.33. The van der Waals surface area contributed by atoms with Crippen LogP contribution in [0.25, 0.3) is 6.08 Å². The number of nitrogens with zero attached hydrogens (tertiary/aromatic N) is 1. The van der Waals surface area contributed by atoms with Gasteiger partial charge in [-0.25, -0.2) is 4.39 Å². The highest BCUT2D eigenvalue weighted by molar-refractivity contribution is 5.94. The lowest BCUT2D eigenvalue weighted by atomic mass is 10.0. The van der Waals surface area contributed by atoms with Gasteiger partial charge in [-0.15, -0.1) is 0 Å². The number of carbonyl (C=O) groups is 1. The zero-order chi connectivity index (χ0) is 16.9. The van der Waals surface area contributed by atoms with E-state index in [1.54, 1.807) is 18.2 Å². The second-order valence-corrected chi connectivity index (χ2v) is 6.07. The summed E-state index contributed by atoms with van der Waals surface area (Å²) in [5.41, 5.74) is 2.58. The molecule has 1 N–H and O–H groups in total. The summed E-state index contributed by atoms with van der Waals surface area (Å²) in [5, 5.41) is 3.39. The molecule has 1 atom stereocenters. The topological polar surface area (TPSA) is 32.3 Å². The molecule has 0 aliphatic carbocycles. The summed E-state index contributed by atoms with van der Waals surface area (Å²) < 4.78 is 13.0. The molecule has 3 nitrogen and oxygen atoms in total. The zero-order valence-electron chi connectivity index (χ0n) is 13.5. The van der Waals surface area contributed by atoms with Gasteiger partial charge in [0, 0.05) is 30.4 Å². The minimum Gasteiger partial charge on any atom is -0.381 e. The Morgan fingerprint density at radius 3 is 2.54 bits per heavy atom. The molecule has 3 rings (SSSR count). The van der Waals surface area contributed by atoms with Crippen molar-refractivity contribution in [2.75, 3.05) is 18.4 Å². The molecule has 1 aliphatic heterocycles. The fraction of sp³-hybridized carbons (Fsp3) is 0.250. The number of likely N-dealkylation sites (tertiary alicyclic amines) is 1. The van der Waals surface area contributed by atoms with Crippen molar-refractivity contribution in [2.45, 2.75) is 18.9 Å². The summed E-state index contributed by atoms with van der Waals surface area (Å²) in [6.07, 6.45) is 3.71. The van der Waals surface area contributed by atoms with E-state index >= 15 is 0 Å². The van der Waals surface area contributed by atoms with E-state index in [4.69, 9.17) is 0 Å². The minimum absolute atomic E-state index is 0.0521. The first-order valence-electron chi connectivity index (χ1n) is 8.19. The Morgan fingerprint density at radius 1 is 1.17 bits per heavy atom. The van der Waals surface area contributed by atoms with E-state index in [9.17, 15) is 9.18 Å². The maximum Gasteiger partial charge on any atom is 0.253 e. The molecule has 0 radical (unpaired) electrons. The summed E-state index contributed by atoms with van der Waals surface area (Å²) in [4.78, 5) is 14.5. The standard InChI is InChI=1S/C20H21FN2O/c1-2-15-5-7-16(8-6-15)20(24)23-13-3-4-19(14-23)22-18-11-9-17(21)10-12-18/h2,5-12,19,22H,1,3-4,13-14H2/t19-/m0/s1. The largest absolute Gasteiger partial charge is 0.381 e. The first-order chi connectivity index (χ1) is 11.7. The van der Waals surface area contributed by atoms with Crippen molar-refractivity contribution < 1.29 is 9.18 Å². The molecule has 0 unspecified atom stereocenters. The summed E-state index contributed by atoms with van der Waals surface area (Å²) in [6.45, 7) is 5.14. The molecule has 0 saturated carbocycles. The second-order valence-electron chi connectivity index (χ2n) is 6.07. The van der Waals surface area contributed by atoms with Crippen LogP contribution in [0, 0.1) is 5.82 Å². The number of rotatable bonds is 4. The lowest BCUT2D eigenvalue weighted by Crippen LogP contribution is -2.45. The van der Waals surface area contributed by atoms with Crippen molar-refractivity contribution in [1.82, 2.24) is 4.90 Å². The third-order valence-corrected chi connectivity index (χ3v) is 4.32. The van der Waals surface area contributed by atoms with Gasteiger partial charge in [-0.05, 0) is 54.8 Å². The molecule has 2 aromatic carbocycles. The number of benzene rings is 2. The molecule has 0 aromatic heterocycles. The first-order valence-corrected chi connectivity index (χ1v) is 8.19. The van der Waals surface area contributed by atoms with E-state index in [0.717, 1.165) is 30.6 Å². The van der Waals surface area contributed by atoms with Gasteiger partial charge in [0.25, 0.3) is 5.91 Å². The molecule has 0 bridgehead atoms. The second kappa shape index (κ2) is 7.30. The molecule has 24 heavy (non-hydrogen) atoms. The predicted molar refractivity (Wildman–Crippen MR) is 95.5 cm³/mol. The van der Waals surface area contributed by atoms with Crippen molar-refractivity contribution in [2.24, 2.45) is 0 Å². The van der Waals surface area contributed by atoms with Crippen LogP contribution < -0.4 is 5.32 Å². The average molecular weight is 324 g/mol. The number of carbonyl (C=O) groups excluding carboxylic acids is 1. The number of piperidine rings is 1. The Kier molecular flexibility index (Phi) is 4.94. The van der Waals surface area contributed by atoms with Crippen LogP contribution in [0.3, 0.4) is 0 Å². The average Bonchev–Trinajstić information content (AvgIpc) is 2.63. The normalized spacial score (nSPS) is 17.4. The number of amides is 1. The number of halogens is 1. The first kappa shape index (κ1) is 16.2. The smallest absolute Gasteiger partial charge is 0.253 e. The number of hydrogen-bond acceptors (Lipinski definition) is 2. The van der Waals surface area contributed by atoms with Crippen molar-refractivity contribution in [3.05, 3.63) is 72.1 Å². The van der Waals surface area contributed by atoms with Crippen LogP contribution in [0.1, 0.15) is 28.8 Å². The highest BCUT2D eigenvalue weighted by atomic mass is 19.1. The number of nitrogens with one attached hydrogen (secondary N) is 1. The highest BCUT2D eigenvalue weighted by Crippen LogP contribution is 2.18. The third-order valence-electron chi connectivity index (χ3n) is 4.32. The van der Waals surface area contributed by atoms with Gasteiger partial charge in [-0.3, -0.25) is 4.79 Å². The van der Waals surface area contributed by atoms with Gasteiger partial charge in [0.2, 0.25) is 0 Å². The molecule has 1 amide bonds. The highest BCUT2D eigenvalue weighted by Gasteiger charge is 2.24. The van der Waals surface area contributed by atoms with E-state index in [0.29, 0.717) is 12.1 Å². The van der Waals surface area contributed by atoms with Crippen LogP contribution >= 0.6 is 0 Å². The number of hydrogen-bond donors (Lipinski definition) is 1. The fourth-order valence-corrected chi connectivity index (χ4v) is 3.01. The van der Waals surface area contributed by atoms with Crippen LogP contribution in [-0.4, -0.2) is 29.9 Å². The maximum atomic E-state index is 13.0. The molecule has 124 valence electrons. The van der Waals surface area contributed by atoms with Crippen LogP contribution in [-0.2, 0) is 0 Å². The SMILES string of the molecule is C=Cc1ccc(C(=O)N2CCC[C@H](Nc3ccc(F)cc3)C2)cc1. The fourth-order valence-electron chi connectivity index (χ4n) is 3.01. The van der Waals surface area contributed by atoms with Crippen molar-refractivity contribution >= 4 is 17.7 Å². The Morgan fingerprint density at radius 2 is 1.88 bits per heavy atom. The predicted octanol–water partition coefficient (Wildman–Crippen LogP) is 4.19. The van der Waals surface area contributed by atoms with E-state index in [2.05, 4.69) is 11.9 Å². The van der Waals surface area contributed by atoms with E-state index < -0.39 is 0 Å². The van der Waals surface area contributed by atoms with Crippen molar-refractivity contribution in [3.63, 3.8) is 0 Å². The van der Waals surface area contributed by atoms with E-state index in [-0.39, 0.29) is 17.8 Å². The molecule has 1 aliphatic rings. The van der Waals surface area contributed by atoms with Gasteiger partial charge in [-0.1, -0.05) is 24.8 Å². The molecule has 4 heteroatoms. The molecular formula is C20H21FN2O. The Balaban J connectivity index is 1.64. The molecule has 1 saturated heterocycles. The van der Waals surface area contributed by atoms with Gasteiger partial charge < -0.3 is 10.2 Å². The Hall–Kier alpha value is -2.62. The van der Waals surface area contributed by atoms with Gasteiger partial charge in [0.05, 0.1) is 0 Å².